The monoisotopic (exact) mass is 451 g/mol. The summed E-state index contributed by atoms with van der Waals surface area (Å²) in [7, 11) is 1.50. The molecule has 1 heterocycles. The van der Waals surface area contributed by atoms with E-state index in [1.807, 2.05) is 48.5 Å². The molecule has 7 heteroatoms. The van der Waals surface area contributed by atoms with Crippen molar-refractivity contribution in [2.24, 2.45) is 0 Å². The maximum Gasteiger partial charge on any atom is 0.329 e. The lowest BCUT2D eigenvalue weighted by atomic mass is 9.96. The zero-order chi connectivity index (χ0) is 23.7. The molecule has 0 bridgehead atoms. The molecule has 34 heavy (non-hydrogen) atoms. The summed E-state index contributed by atoms with van der Waals surface area (Å²) >= 11 is 0. The fourth-order valence-corrected chi connectivity index (χ4v) is 4.15. The van der Waals surface area contributed by atoms with E-state index in [1.54, 1.807) is 30.3 Å². The Hall–Kier alpha value is -4.65. The van der Waals surface area contributed by atoms with Crippen molar-refractivity contribution in [3.8, 4) is 5.75 Å². The first-order valence-corrected chi connectivity index (χ1v) is 10.7. The van der Waals surface area contributed by atoms with Gasteiger partial charge in [0.25, 0.3) is 5.91 Å². The highest BCUT2D eigenvalue weighted by molar-refractivity contribution is 6.18. The lowest BCUT2D eigenvalue weighted by Gasteiger charge is -2.13. The van der Waals surface area contributed by atoms with Crippen LogP contribution in [0.4, 0.5) is 10.5 Å². The van der Waals surface area contributed by atoms with Crippen molar-refractivity contribution in [1.29, 1.82) is 0 Å². The van der Waals surface area contributed by atoms with E-state index in [0.29, 0.717) is 11.4 Å². The zero-order valence-corrected chi connectivity index (χ0v) is 18.4. The topological polar surface area (TPSA) is 87.7 Å². The van der Waals surface area contributed by atoms with Gasteiger partial charge in [-0.1, -0.05) is 60.7 Å². The summed E-state index contributed by atoms with van der Waals surface area (Å²) in [5.74, 6) is -0.585. The Balaban J connectivity index is 1.45. The quantitative estimate of drug-likeness (QED) is 0.265. The van der Waals surface area contributed by atoms with Gasteiger partial charge in [0.1, 0.15) is 18.0 Å². The fraction of sp³-hybridized carbons (Fsp3) is 0.0741. The van der Waals surface area contributed by atoms with Crippen molar-refractivity contribution in [1.82, 2.24) is 10.2 Å². The van der Waals surface area contributed by atoms with E-state index in [2.05, 4.69) is 16.7 Å². The number of benzene rings is 4. The van der Waals surface area contributed by atoms with Crippen LogP contribution in [0.1, 0.15) is 5.56 Å². The van der Waals surface area contributed by atoms with Gasteiger partial charge in [0.05, 0.1) is 12.8 Å². The van der Waals surface area contributed by atoms with E-state index in [1.165, 1.54) is 7.11 Å². The molecule has 1 aliphatic heterocycles. The highest BCUT2D eigenvalue weighted by Gasteiger charge is 2.35. The SMILES string of the molecule is COc1ccccc1NC(=O)CN1C(=O)N/C(=C/c2c3ccccc3cc3ccccc23)C1=O. The average Bonchev–Trinajstić information content (AvgIpc) is 3.11. The third-order valence-electron chi connectivity index (χ3n) is 5.75. The molecule has 0 spiro atoms. The van der Waals surface area contributed by atoms with Crippen LogP contribution >= 0.6 is 0 Å². The Morgan fingerprint density at radius 1 is 0.941 bits per heavy atom. The second-order valence-corrected chi connectivity index (χ2v) is 7.86. The number of urea groups is 1. The molecule has 4 amide bonds. The molecule has 168 valence electrons. The maximum atomic E-state index is 13.1. The van der Waals surface area contributed by atoms with Crippen molar-refractivity contribution in [2.45, 2.75) is 0 Å². The number of ether oxygens (including phenoxy) is 1. The summed E-state index contributed by atoms with van der Waals surface area (Å²) in [6, 6.07) is 24.1. The second-order valence-electron chi connectivity index (χ2n) is 7.86. The Kier molecular flexibility index (Phi) is 5.43. The third-order valence-corrected chi connectivity index (χ3v) is 5.75. The molecule has 1 aliphatic rings. The molecule has 5 rings (SSSR count). The Morgan fingerprint density at radius 2 is 1.56 bits per heavy atom. The van der Waals surface area contributed by atoms with Crippen molar-refractivity contribution in [2.75, 3.05) is 19.0 Å². The van der Waals surface area contributed by atoms with Gasteiger partial charge < -0.3 is 15.4 Å². The molecular weight excluding hydrogens is 430 g/mol. The van der Waals surface area contributed by atoms with Crippen LogP contribution in [-0.2, 0) is 9.59 Å². The van der Waals surface area contributed by atoms with Gasteiger partial charge in [0.2, 0.25) is 5.91 Å². The van der Waals surface area contributed by atoms with Gasteiger partial charge >= 0.3 is 6.03 Å². The summed E-state index contributed by atoms with van der Waals surface area (Å²) in [6.07, 6.45) is 1.68. The zero-order valence-electron chi connectivity index (χ0n) is 18.4. The number of hydrogen-bond donors (Lipinski definition) is 2. The summed E-state index contributed by atoms with van der Waals surface area (Å²) in [5.41, 5.74) is 1.41. The van der Waals surface area contributed by atoms with Crippen molar-refractivity contribution < 1.29 is 19.1 Å². The van der Waals surface area contributed by atoms with E-state index in [-0.39, 0.29) is 5.70 Å². The fourth-order valence-electron chi connectivity index (χ4n) is 4.15. The highest BCUT2D eigenvalue weighted by atomic mass is 16.5. The van der Waals surface area contributed by atoms with Crippen LogP contribution in [0.25, 0.3) is 27.6 Å². The van der Waals surface area contributed by atoms with E-state index in [4.69, 9.17) is 4.74 Å². The van der Waals surface area contributed by atoms with Crippen LogP contribution < -0.4 is 15.4 Å². The molecule has 2 N–H and O–H groups in total. The number of carbonyl (C=O) groups is 3. The predicted octanol–water partition coefficient (Wildman–Crippen LogP) is 4.53. The minimum atomic E-state index is -0.643. The third kappa shape index (κ3) is 3.84. The molecule has 7 nitrogen and oxygen atoms in total. The van der Waals surface area contributed by atoms with E-state index in [0.717, 1.165) is 32.0 Å². The summed E-state index contributed by atoms with van der Waals surface area (Å²) in [6.45, 7) is -0.420. The number of imide groups is 1. The summed E-state index contributed by atoms with van der Waals surface area (Å²) in [4.78, 5) is 39.1. The molecule has 4 aromatic carbocycles. The predicted molar refractivity (Wildman–Crippen MR) is 131 cm³/mol. The van der Waals surface area contributed by atoms with Crippen LogP contribution in [0.3, 0.4) is 0 Å². The second kappa shape index (κ2) is 8.71. The first-order chi connectivity index (χ1) is 16.5. The number of fused-ring (bicyclic) bond motifs is 2. The molecule has 1 fully saturated rings. The van der Waals surface area contributed by atoms with E-state index < -0.39 is 24.4 Å². The van der Waals surface area contributed by atoms with E-state index in [9.17, 15) is 14.4 Å². The van der Waals surface area contributed by atoms with Crippen molar-refractivity contribution in [3.05, 3.63) is 90.1 Å². The van der Waals surface area contributed by atoms with Crippen molar-refractivity contribution >= 4 is 51.2 Å². The largest absolute Gasteiger partial charge is 0.495 e. The number of methoxy groups -OCH3 is 1. The van der Waals surface area contributed by atoms with Gasteiger partial charge in [-0.15, -0.1) is 0 Å². The number of amides is 4. The molecule has 0 radical (unpaired) electrons. The van der Waals surface area contributed by atoms with Crippen LogP contribution in [0, 0.1) is 0 Å². The van der Waals surface area contributed by atoms with Gasteiger partial charge in [-0.05, 0) is 51.4 Å². The number of carbonyl (C=O) groups excluding carboxylic acids is 3. The normalized spacial score (nSPS) is 14.6. The summed E-state index contributed by atoms with van der Waals surface area (Å²) in [5, 5.41) is 9.28. The minimum Gasteiger partial charge on any atom is -0.495 e. The maximum absolute atomic E-state index is 13.1. The van der Waals surface area contributed by atoms with Crippen molar-refractivity contribution in [3.63, 3.8) is 0 Å². The standard InChI is InChI=1S/C27H21N3O4/c1-34-24-13-7-6-12-22(24)28-25(31)16-30-26(32)23(29-27(30)33)15-21-19-10-4-2-8-17(19)14-18-9-3-5-11-20(18)21/h2-15H,16H2,1H3,(H,28,31)(H,29,33)/b23-15+. The number of anilines is 1. The smallest absolute Gasteiger partial charge is 0.329 e. The molecule has 0 atom stereocenters. The average molecular weight is 451 g/mol. The minimum absolute atomic E-state index is 0.122. The first-order valence-electron chi connectivity index (χ1n) is 10.7. The Bertz CT molecular complexity index is 1440. The van der Waals surface area contributed by atoms with Gasteiger partial charge in [0.15, 0.2) is 0 Å². The van der Waals surface area contributed by atoms with E-state index >= 15 is 0 Å². The van der Waals surface area contributed by atoms with Gasteiger partial charge in [-0.3, -0.25) is 9.59 Å². The van der Waals surface area contributed by atoms with Crippen LogP contribution in [0.15, 0.2) is 84.6 Å². The highest BCUT2D eigenvalue weighted by Crippen LogP contribution is 2.31. The number of nitrogens with one attached hydrogen (secondary N) is 2. The number of hydrogen-bond acceptors (Lipinski definition) is 4. The molecular formula is C27H21N3O4. The molecule has 0 aromatic heterocycles. The van der Waals surface area contributed by atoms with Gasteiger partial charge in [-0.2, -0.15) is 0 Å². The number of nitrogens with zero attached hydrogens (tertiary/aromatic N) is 1. The van der Waals surface area contributed by atoms with Crippen LogP contribution in [-0.4, -0.2) is 36.4 Å². The molecule has 0 unspecified atom stereocenters. The van der Waals surface area contributed by atoms with Crippen LogP contribution in [0.2, 0.25) is 0 Å². The molecule has 4 aromatic rings. The first kappa shape index (κ1) is 21.2. The lowest BCUT2D eigenvalue weighted by Crippen LogP contribution is -2.38. The molecule has 0 saturated carbocycles. The van der Waals surface area contributed by atoms with Gasteiger partial charge in [-0.25, -0.2) is 9.69 Å². The summed E-state index contributed by atoms with van der Waals surface area (Å²) < 4.78 is 5.23. The lowest BCUT2D eigenvalue weighted by molar-refractivity contribution is -0.127. The number of rotatable bonds is 5. The van der Waals surface area contributed by atoms with Gasteiger partial charge in [0, 0.05) is 0 Å². The number of para-hydroxylation sites is 2. The van der Waals surface area contributed by atoms with Crippen LogP contribution in [0.5, 0.6) is 5.75 Å². The molecule has 1 saturated heterocycles. The Labute approximate surface area is 195 Å². The molecule has 0 aliphatic carbocycles. The Morgan fingerprint density at radius 3 is 2.24 bits per heavy atom.